The van der Waals surface area contributed by atoms with Gasteiger partial charge >= 0.3 is 0 Å². The standard InChI is InChI=1S/C24H26N2O2/c27-22(16-18-6-2-1-3-7-18)25-14-12-24(13-15-25)20-8-4-5-9-21(20)26(23(24)28)17-19-10-11-19/h1-9,19H,10-17H2. The van der Waals surface area contributed by atoms with Gasteiger partial charge in [-0.3, -0.25) is 9.59 Å². The van der Waals surface area contributed by atoms with Gasteiger partial charge in [0.05, 0.1) is 11.8 Å². The van der Waals surface area contributed by atoms with Crippen LogP contribution in [-0.4, -0.2) is 36.3 Å². The van der Waals surface area contributed by atoms with Crippen LogP contribution in [0.1, 0.15) is 36.8 Å². The lowest BCUT2D eigenvalue weighted by Gasteiger charge is -2.38. The number of rotatable bonds is 4. The van der Waals surface area contributed by atoms with E-state index >= 15 is 0 Å². The van der Waals surface area contributed by atoms with Crippen molar-refractivity contribution in [2.24, 2.45) is 5.92 Å². The maximum atomic E-state index is 13.5. The summed E-state index contributed by atoms with van der Waals surface area (Å²) in [6.45, 7) is 2.17. The number of para-hydroxylation sites is 1. The van der Waals surface area contributed by atoms with E-state index in [1.54, 1.807) is 0 Å². The van der Waals surface area contributed by atoms with Gasteiger partial charge in [0.2, 0.25) is 11.8 Å². The topological polar surface area (TPSA) is 40.6 Å². The molecule has 2 aromatic carbocycles. The minimum atomic E-state index is -0.436. The smallest absolute Gasteiger partial charge is 0.237 e. The molecule has 4 heteroatoms. The number of nitrogens with zero attached hydrogens (tertiary/aromatic N) is 2. The first-order chi connectivity index (χ1) is 13.7. The van der Waals surface area contributed by atoms with Gasteiger partial charge in [-0.15, -0.1) is 0 Å². The molecule has 2 amide bonds. The number of fused-ring (bicyclic) bond motifs is 2. The van der Waals surface area contributed by atoms with E-state index in [2.05, 4.69) is 12.1 Å². The van der Waals surface area contributed by atoms with Crippen LogP contribution in [0.4, 0.5) is 5.69 Å². The summed E-state index contributed by atoms with van der Waals surface area (Å²) in [5.74, 6) is 1.09. The van der Waals surface area contributed by atoms with Gasteiger partial charge < -0.3 is 9.80 Å². The average Bonchev–Trinajstić information content (AvgIpc) is 3.53. The fourth-order valence-corrected chi connectivity index (χ4v) is 4.84. The minimum Gasteiger partial charge on any atom is -0.342 e. The van der Waals surface area contributed by atoms with Crippen LogP contribution in [0.15, 0.2) is 54.6 Å². The van der Waals surface area contributed by atoms with Crippen LogP contribution < -0.4 is 4.90 Å². The van der Waals surface area contributed by atoms with Gasteiger partial charge in [-0.1, -0.05) is 48.5 Å². The molecule has 0 atom stereocenters. The van der Waals surface area contributed by atoms with Crippen LogP contribution in [0.25, 0.3) is 0 Å². The number of benzene rings is 2. The van der Waals surface area contributed by atoms with Crippen molar-refractivity contribution < 1.29 is 9.59 Å². The molecule has 0 bridgehead atoms. The van der Waals surface area contributed by atoms with Crippen molar-refractivity contribution in [3.05, 3.63) is 65.7 Å². The lowest BCUT2D eigenvalue weighted by molar-refractivity contribution is -0.135. The molecule has 0 aromatic heterocycles. The zero-order chi connectivity index (χ0) is 19.1. The molecule has 0 radical (unpaired) electrons. The van der Waals surface area contributed by atoms with E-state index in [1.807, 2.05) is 52.3 Å². The Balaban J connectivity index is 1.33. The van der Waals surface area contributed by atoms with Gasteiger partial charge in [-0.2, -0.15) is 0 Å². The highest BCUT2D eigenvalue weighted by atomic mass is 16.2. The summed E-state index contributed by atoms with van der Waals surface area (Å²) in [5.41, 5.74) is 2.89. The molecule has 2 heterocycles. The maximum absolute atomic E-state index is 13.5. The van der Waals surface area contributed by atoms with Gasteiger partial charge in [-0.25, -0.2) is 0 Å². The fourth-order valence-electron chi connectivity index (χ4n) is 4.84. The summed E-state index contributed by atoms with van der Waals surface area (Å²) in [5, 5.41) is 0. The second-order valence-corrected chi connectivity index (χ2v) is 8.50. The molecule has 0 N–H and O–H groups in total. The number of likely N-dealkylation sites (tertiary alicyclic amines) is 1. The van der Waals surface area contributed by atoms with E-state index in [0.717, 1.165) is 30.6 Å². The highest BCUT2D eigenvalue weighted by Gasteiger charge is 2.52. The fraction of sp³-hybridized carbons (Fsp3) is 0.417. The Morgan fingerprint density at radius 2 is 1.64 bits per heavy atom. The van der Waals surface area contributed by atoms with Crippen LogP contribution in [0.3, 0.4) is 0 Å². The van der Waals surface area contributed by atoms with E-state index in [0.29, 0.717) is 25.4 Å². The van der Waals surface area contributed by atoms with E-state index in [1.165, 1.54) is 18.4 Å². The molecule has 28 heavy (non-hydrogen) atoms. The minimum absolute atomic E-state index is 0.162. The number of hydrogen-bond donors (Lipinski definition) is 0. The van der Waals surface area contributed by atoms with Crippen molar-refractivity contribution in [2.75, 3.05) is 24.5 Å². The highest BCUT2D eigenvalue weighted by Crippen LogP contribution is 2.49. The Morgan fingerprint density at radius 3 is 2.36 bits per heavy atom. The molecule has 0 unspecified atom stereocenters. The van der Waals surface area contributed by atoms with Crippen LogP contribution >= 0.6 is 0 Å². The first kappa shape index (κ1) is 17.5. The van der Waals surface area contributed by atoms with Crippen LogP contribution in [0, 0.1) is 5.92 Å². The third-order valence-electron chi connectivity index (χ3n) is 6.67. The molecule has 2 fully saturated rings. The number of carbonyl (C=O) groups excluding carboxylic acids is 2. The molecule has 4 nitrogen and oxygen atoms in total. The van der Waals surface area contributed by atoms with Crippen molar-refractivity contribution in [2.45, 2.75) is 37.5 Å². The van der Waals surface area contributed by atoms with Crippen molar-refractivity contribution in [1.29, 1.82) is 0 Å². The zero-order valence-corrected chi connectivity index (χ0v) is 16.1. The molecule has 1 saturated carbocycles. The van der Waals surface area contributed by atoms with Gasteiger partial charge in [0, 0.05) is 25.3 Å². The van der Waals surface area contributed by atoms with E-state index < -0.39 is 5.41 Å². The molecular weight excluding hydrogens is 348 g/mol. The van der Waals surface area contributed by atoms with E-state index in [4.69, 9.17) is 0 Å². The predicted molar refractivity (Wildman–Crippen MR) is 109 cm³/mol. The summed E-state index contributed by atoms with van der Waals surface area (Å²) in [7, 11) is 0. The monoisotopic (exact) mass is 374 g/mol. The Bertz CT molecular complexity index is 896. The second-order valence-electron chi connectivity index (χ2n) is 8.50. The Morgan fingerprint density at radius 1 is 0.964 bits per heavy atom. The molecule has 5 rings (SSSR count). The first-order valence-corrected chi connectivity index (χ1v) is 10.4. The molecule has 1 spiro atoms. The van der Waals surface area contributed by atoms with Crippen molar-refractivity contribution in [3.63, 3.8) is 0 Å². The van der Waals surface area contributed by atoms with E-state index in [9.17, 15) is 9.59 Å². The lowest BCUT2D eigenvalue weighted by atomic mass is 9.73. The third-order valence-corrected chi connectivity index (χ3v) is 6.67. The summed E-state index contributed by atoms with van der Waals surface area (Å²) in [6, 6.07) is 18.2. The van der Waals surface area contributed by atoms with Gasteiger partial charge in [-0.05, 0) is 48.8 Å². The zero-order valence-electron chi connectivity index (χ0n) is 16.1. The Labute approximate surface area is 166 Å². The van der Waals surface area contributed by atoms with Crippen LogP contribution in [-0.2, 0) is 21.4 Å². The summed E-state index contributed by atoms with van der Waals surface area (Å²) < 4.78 is 0. The quantitative estimate of drug-likeness (QED) is 0.821. The average molecular weight is 374 g/mol. The number of amides is 2. The van der Waals surface area contributed by atoms with E-state index in [-0.39, 0.29) is 11.8 Å². The van der Waals surface area contributed by atoms with Crippen LogP contribution in [0.2, 0.25) is 0 Å². The number of hydrogen-bond acceptors (Lipinski definition) is 2. The van der Waals surface area contributed by atoms with Crippen molar-refractivity contribution >= 4 is 17.5 Å². The van der Waals surface area contributed by atoms with Crippen molar-refractivity contribution in [3.8, 4) is 0 Å². The van der Waals surface area contributed by atoms with Gasteiger partial charge in [0.25, 0.3) is 0 Å². The molecule has 3 aliphatic rings. The number of carbonyl (C=O) groups is 2. The number of anilines is 1. The molecule has 1 saturated heterocycles. The summed E-state index contributed by atoms with van der Waals surface area (Å²) >= 11 is 0. The molecule has 2 aliphatic heterocycles. The second kappa shape index (κ2) is 6.77. The largest absolute Gasteiger partial charge is 0.342 e. The third kappa shape index (κ3) is 2.92. The van der Waals surface area contributed by atoms with Crippen molar-refractivity contribution in [1.82, 2.24) is 4.90 Å². The number of piperidine rings is 1. The normalized spacial score (nSPS) is 20.5. The lowest BCUT2D eigenvalue weighted by Crippen LogP contribution is -2.50. The SMILES string of the molecule is O=C(Cc1ccccc1)N1CCC2(CC1)C(=O)N(CC1CC1)c1ccccc12. The predicted octanol–water partition coefficient (Wildman–Crippen LogP) is 3.55. The van der Waals surface area contributed by atoms with Crippen LogP contribution in [0.5, 0.6) is 0 Å². The summed E-state index contributed by atoms with van der Waals surface area (Å²) in [4.78, 5) is 30.2. The van der Waals surface area contributed by atoms with Gasteiger partial charge in [0.15, 0.2) is 0 Å². The van der Waals surface area contributed by atoms with Gasteiger partial charge in [0.1, 0.15) is 0 Å². The Kier molecular flexibility index (Phi) is 4.22. The highest BCUT2D eigenvalue weighted by molar-refractivity contribution is 6.08. The Hall–Kier alpha value is -2.62. The summed E-state index contributed by atoms with van der Waals surface area (Å²) in [6.07, 6.45) is 4.36. The first-order valence-electron chi connectivity index (χ1n) is 10.4. The molecule has 144 valence electrons. The molecular formula is C24H26N2O2. The maximum Gasteiger partial charge on any atom is 0.237 e. The molecule has 2 aromatic rings. The molecule has 1 aliphatic carbocycles.